The average molecular weight is 327 g/mol. The molecule has 9 heteroatoms. The van der Waals surface area contributed by atoms with E-state index >= 15 is 0 Å². The highest BCUT2D eigenvalue weighted by molar-refractivity contribution is 7.07. The number of thiazole rings is 1. The van der Waals surface area contributed by atoms with E-state index in [0.29, 0.717) is 13.0 Å². The monoisotopic (exact) mass is 326 g/mol. The fourth-order valence-electron chi connectivity index (χ4n) is 1.65. The Morgan fingerprint density at radius 3 is 2.90 bits per heavy atom. The summed E-state index contributed by atoms with van der Waals surface area (Å²) >= 11 is 7.28. The molecule has 0 radical (unpaired) electrons. The van der Waals surface area contributed by atoms with Crippen molar-refractivity contribution in [2.45, 2.75) is 6.42 Å². The van der Waals surface area contributed by atoms with Crippen molar-refractivity contribution in [1.29, 1.82) is 0 Å². The number of nitrogen functional groups attached to an aromatic ring is 1. The number of amides is 1. The number of aromatic nitrogens is 1. The molecule has 21 heavy (non-hydrogen) atoms. The SMILES string of the molecule is Nc1c(Cl)cc(C(=O)NCCc2cscn2)cc1[N+](=O)[O-]. The van der Waals surface area contributed by atoms with E-state index in [9.17, 15) is 14.9 Å². The zero-order chi connectivity index (χ0) is 15.4. The summed E-state index contributed by atoms with van der Waals surface area (Å²) in [7, 11) is 0. The zero-order valence-corrected chi connectivity index (χ0v) is 12.3. The fraction of sp³-hybridized carbons (Fsp3) is 0.167. The van der Waals surface area contributed by atoms with Gasteiger partial charge in [0.15, 0.2) is 0 Å². The predicted octanol–water partition coefficient (Wildman–Crippen LogP) is 2.26. The van der Waals surface area contributed by atoms with E-state index in [0.717, 1.165) is 11.8 Å². The first-order valence-electron chi connectivity index (χ1n) is 5.87. The van der Waals surface area contributed by atoms with Gasteiger partial charge in [-0.05, 0) is 6.07 Å². The van der Waals surface area contributed by atoms with Gasteiger partial charge in [0.05, 0.1) is 21.2 Å². The second kappa shape index (κ2) is 6.51. The van der Waals surface area contributed by atoms with Crippen LogP contribution in [-0.4, -0.2) is 22.4 Å². The van der Waals surface area contributed by atoms with Gasteiger partial charge in [0, 0.05) is 30.0 Å². The lowest BCUT2D eigenvalue weighted by Gasteiger charge is -2.06. The number of hydrogen-bond donors (Lipinski definition) is 2. The molecule has 0 saturated heterocycles. The second-order valence-electron chi connectivity index (χ2n) is 4.13. The molecule has 0 aliphatic carbocycles. The van der Waals surface area contributed by atoms with Crippen LogP contribution in [0.15, 0.2) is 23.0 Å². The predicted molar refractivity (Wildman–Crippen MR) is 80.7 cm³/mol. The zero-order valence-electron chi connectivity index (χ0n) is 10.7. The molecule has 1 aromatic carbocycles. The number of nitrogens with one attached hydrogen (secondary N) is 1. The third-order valence-electron chi connectivity index (χ3n) is 2.72. The van der Waals surface area contributed by atoms with Crippen LogP contribution in [0.2, 0.25) is 5.02 Å². The molecular weight excluding hydrogens is 316 g/mol. The minimum absolute atomic E-state index is 0.0196. The number of nitro groups is 1. The number of carbonyl (C=O) groups is 1. The van der Waals surface area contributed by atoms with Gasteiger partial charge >= 0.3 is 0 Å². The Morgan fingerprint density at radius 2 is 2.29 bits per heavy atom. The summed E-state index contributed by atoms with van der Waals surface area (Å²) in [4.78, 5) is 26.2. The molecule has 2 rings (SSSR count). The summed E-state index contributed by atoms with van der Waals surface area (Å²) in [5.74, 6) is -0.449. The van der Waals surface area contributed by atoms with Crippen molar-refractivity contribution in [3.05, 3.63) is 49.4 Å². The van der Waals surface area contributed by atoms with Gasteiger partial charge in [0.2, 0.25) is 0 Å². The van der Waals surface area contributed by atoms with E-state index in [1.165, 1.54) is 17.4 Å². The molecule has 0 fully saturated rings. The average Bonchev–Trinajstić information content (AvgIpc) is 2.94. The highest BCUT2D eigenvalue weighted by Gasteiger charge is 2.19. The van der Waals surface area contributed by atoms with Gasteiger partial charge in [0.1, 0.15) is 5.69 Å². The van der Waals surface area contributed by atoms with Gasteiger partial charge in [-0.3, -0.25) is 14.9 Å². The van der Waals surface area contributed by atoms with E-state index < -0.39 is 10.8 Å². The van der Waals surface area contributed by atoms with E-state index in [1.807, 2.05) is 5.38 Å². The molecule has 0 aliphatic heterocycles. The highest BCUT2D eigenvalue weighted by atomic mass is 35.5. The van der Waals surface area contributed by atoms with Crippen molar-refractivity contribution < 1.29 is 9.72 Å². The number of nitro benzene ring substituents is 1. The third kappa shape index (κ3) is 3.67. The number of carbonyl (C=O) groups excluding carboxylic acids is 1. The first-order chi connectivity index (χ1) is 9.99. The summed E-state index contributed by atoms with van der Waals surface area (Å²) in [6, 6.07) is 2.42. The van der Waals surface area contributed by atoms with Gasteiger partial charge < -0.3 is 11.1 Å². The third-order valence-corrected chi connectivity index (χ3v) is 3.66. The summed E-state index contributed by atoms with van der Waals surface area (Å²) in [5, 5.41) is 15.4. The molecule has 7 nitrogen and oxygen atoms in total. The molecule has 1 aromatic heterocycles. The maximum atomic E-state index is 12.0. The molecule has 3 N–H and O–H groups in total. The summed E-state index contributed by atoms with van der Waals surface area (Å²) in [6.45, 7) is 0.373. The van der Waals surface area contributed by atoms with E-state index in [1.54, 1.807) is 5.51 Å². The summed E-state index contributed by atoms with van der Waals surface area (Å²) in [6.07, 6.45) is 0.583. The van der Waals surface area contributed by atoms with Crippen LogP contribution in [0.5, 0.6) is 0 Å². The molecule has 2 aromatic rings. The quantitative estimate of drug-likeness (QED) is 0.497. The van der Waals surface area contributed by atoms with Gasteiger partial charge in [-0.15, -0.1) is 11.3 Å². The van der Waals surface area contributed by atoms with Crippen LogP contribution in [0, 0.1) is 10.1 Å². The van der Waals surface area contributed by atoms with Crippen molar-refractivity contribution in [1.82, 2.24) is 10.3 Å². The first kappa shape index (κ1) is 15.2. The Labute approximate surface area is 128 Å². The number of rotatable bonds is 5. The Bertz CT molecular complexity index is 675. The maximum absolute atomic E-state index is 12.0. The number of nitrogens with zero attached hydrogens (tertiary/aromatic N) is 2. The van der Waals surface area contributed by atoms with E-state index in [2.05, 4.69) is 10.3 Å². The van der Waals surface area contributed by atoms with Crippen molar-refractivity contribution >= 4 is 40.2 Å². The Balaban J connectivity index is 2.07. The molecule has 0 spiro atoms. The maximum Gasteiger partial charge on any atom is 0.294 e. The van der Waals surface area contributed by atoms with Crippen molar-refractivity contribution in [3.63, 3.8) is 0 Å². The lowest BCUT2D eigenvalue weighted by atomic mass is 10.1. The molecule has 0 unspecified atom stereocenters. The Morgan fingerprint density at radius 1 is 1.52 bits per heavy atom. The van der Waals surface area contributed by atoms with Gasteiger partial charge in [-0.25, -0.2) is 4.98 Å². The minimum Gasteiger partial charge on any atom is -0.392 e. The number of halogens is 1. The number of anilines is 1. The van der Waals surface area contributed by atoms with Gasteiger partial charge in [0.25, 0.3) is 11.6 Å². The largest absolute Gasteiger partial charge is 0.392 e. The van der Waals surface area contributed by atoms with Crippen LogP contribution in [0.25, 0.3) is 0 Å². The van der Waals surface area contributed by atoms with E-state index in [-0.39, 0.29) is 22.0 Å². The van der Waals surface area contributed by atoms with Gasteiger partial charge in [-0.2, -0.15) is 0 Å². The summed E-state index contributed by atoms with van der Waals surface area (Å²) < 4.78 is 0. The normalized spacial score (nSPS) is 10.3. The molecule has 1 amide bonds. The summed E-state index contributed by atoms with van der Waals surface area (Å²) in [5.41, 5.74) is 7.65. The fourth-order valence-corrected chi connectivity index (χ4v) is 2.46. The second-order valence-corrected chi connectivity index (χ2v) is 5.26. The highest BCUT2D eigenvalue weighted by Crippen LogP contribution is 2.30. The molecule has 0 aliphatic rings. The van der Waals surface area contributed by atoms with Crippen molar-refractivity contribution in [2.24, 2.45) is 0 Å². The van der Waals surface area contributed by atoms with Crippen molar-refractivity contribution in [3.8, 4) is 0 Å². The Kier molecular flexibility index (Phi) is 4.71. The van der Waals surface area contributed by atoms with E-state index in [4.69, 9.17) is 17.3 Å². The number of nitrogens with two attached hydrogens (primary N) is 1. The minimum atomic E-state index is -0.673. The standard InChI is InChI=1S/C12H11ClN4O3S/c13-9-3-7(4-10(11(9)14)17(19)20)12(18)15-2-1-8-5-21-6-16-8/h3-6H,1-2,14H2,(H,15,18). The number of hydrogen-bond acceptors (Lipinski definition) is 6. The van der Waals surface area contributed by atoms with Crippen LogP contribution in [0.4, 0.5) is 11.4 Å². The van der Waals surface area contributed by atoms with Crippen LogP contribution in [-0.2, 0) is 6.42 Å². The topological polar surface area (TPSA) is 111 Å². The number of benzene rings is 1. The smallest absolute Gasteiger partial charge is 0.294 e. The molecule has 110 valence electrons. The van der Waals surface area contributed by atoms with Crippen LogP contribution >= 0.6 is 22.9 Å². The lowest BCUT2D eigenvalue weighted by molar-refractivity contribution is -0.383. The lowest BCUT2D eigenvalue weighted by Crippen LogP contribution is -2.26. The van der Waals surface area contributed by atoms with Crippen LogP contribution in [0.3, 0.4) is 0 Å². The molecule has 0 bridgehead atoms. The Hall–Kier alpha value is -2.19. The molecule has 1 heterocycles. The molecule has 0 saturated carbocycles. The van der Waals surface area contributed by atoms with Crippen molar-refractivity contribution in [2.75, 3.05) is 12.3 Å². The first-order valence-corrected chi connectivity index (χ1v) is 7.20. The van der Waals surface area contributed by atoms with Crippen LogP contribution in [0.1, 0.15) is 16.1 Å². The molecule has 0 atom stereocenters. The molecular formula is C12H11ClN4O3S. The van der Waals surface area contributed by atoms with Gasteiger partial charge in [-0.1, -0.05) is 11.6 Å². The van der Waals surface area contributed by atoms with Crippen LogP contribution < -0.4 is 11.1 Å².